The van der Waals surface area contributed by atoms with Gasteiger partial charge < -0.3 is 20.9 Å². The van der Waals surface area contributed by atoms with E-state index in [2.05, 4.69) is 38.2 Å². The van der Waals surface area contributed by atoms with E-state index in [9.17, 15) is 22.8 Å². The quantitative estimate of drug-likeness (QED) is 0.208. The van der Waals surface area contributed by atoms with Crippen molar-refractivity contribution < 1.29 is 32.3 Å². The Kier molecular flexibility index (Phi) is 13.7. The van der Waals surface area contributed by atoms with Gasteiger partial charge >= 0.3 is 12.1 Å². The van der Waals surface area contributed by atoms with Crippen LogP contribution in [0.25, 0.3) is 0 Å². The van der Waals surface area contributed by atoms with Crippen molar-refractivity contribution in [2.45, 2.75) is 84.8 Å². The minimum Gasteiger partial charge on any atom is -0.457 e. The second-order valence-corrected chi connectivity index (χ2v) is 13.0. The van der Waals surface area contributed by atoms with Gasteiger partial charge in [0.05, 0.1) is 24.3 Å². The summed E-state index contributed by atoms with van der Waals surface area (Å²) >= 11 is 0. The molecule has 0 spiro atoms. The number of carbonyl (C=O) groups excluding carboxylic acids is 3. The summed E-state index contributed by atoms with van der Waals surface area (Å²) in [6.45, 7) is 17.9. The van der Waals surface area contributed by atoms with Gasteiger partial charge in [0.25, 0.3) is 10.0 Å². The van der Waals surface area contributed by atoms with Crippen LogP contribution in [-0.4, -0.2) is 45.5 Å². The fraction of sp³-hybridized carbons (Fsp3) is 0.516. The zero-order chi connectivity index (χ0) is 32.4. The van der Waals surface area contributed by atoms with Crippen molar-refractivity contribution in [2.75, 3.05) is 12.8 Å². The number of rotatable bonds is 8. The number of methoxy groups -OCH3 is 1. The molecule has 1 amide bonds. The molecule has 1 aromatic carbocycles. The van der Waals surface area contributed by atoms with Gasteiger partial charge in [0, 0.05) is 17.3 Å². The zero-order valence-corrected chi connectivity index (χ0v) is 26.8. The van der Waals surface area contributed by atoms with E-state index in [0.717, 1.165) is 24.7 Å². The largest absolute Gasteiger partial charge is 0.457 e. The number of nitrogens with one attached hydrogen (secondary N) is 1. The average molecular weight is 606 g/mol. The fourth-order valence-corrected chi connectivity index (χ4v) is 5.19. The number of ketones is 1. The van der Waals surface area contributed by atoms with Crippen LogP contribution < -0.4 is 16.2 Å². The third kappa shape index (κ3) is 10.4. The molecule has 0 radical (unpaired) electrons. The highest BCUT2D eigenvalue weighted by Crippen LogP contribution is 2.60. The van der Waals surface area contributed by atoms with Crippen LogP contribution >= 0.6 is 0 Å². The zero-order valence-electron chi connectivity index (χ0n) is 26.0. The average Bonchev–Trinajstić information content (AvgIpc) is 3.33. The van der Waals surface area contributed by atoms with Crippen LogP contribution in [0.2, 0.25) is 0 Å². The topological polar surface area (TPSA) is 168 Å². The molecule has 0 heterocycles. The molecule has 1 aromatic rings. The summed E-state index contributed by atoms with van der Waals surface area (Å²) in [6.07, 6.45) is 4.35. The van der Waals surface area contributed by atoms with Crippen LogP contribution in [0.4, 0.5) is 10.5 Å². The minimum atomic E-state index is -3.87. The van der Waals surface area contributed by atoms with E-state index in [1.165, 1.54) is 29.8 Å². The lowest BCUT2D eigenvalue weighted by Crippen LogP contribution is -2.30. The number of nitrogen functional groups attached to an aromatic ring is 1. The maximum absolute atomic E-state index is 12.5. The first-order valence-corrected chi connectivity index (χ1v) is 15.3. The van der Waals surface area contributed by atoms with Gasteiger partial charge in [-0.25, -0.2) is 17.9 Å². The Hall–Kier alpha value is -3.44. The van der Waals surface area contributed by atoms with Crippen LogP contribution in [0.5, 0.6) is 0 Å². The summed E-state index contributed by atoms with van der Waals surface area (Å²) in [6, 6.07) is 5.81. The predicted octanol–water partition coefficient (Wildman–Crippen LogP) is 5.06. The number of hydrogen-bond acceptors (Lipinski definition) is 9. The number of benzene rings is 1. The van der Waals surface area contributed by atoms with E-state index in [4.69, 9.17) is 16.2 Å². The van der Waals surface area contributed by atoms with Gasteiger partial charge in [-0.05, 0) is 81.7 Å². The Balaban J connectivity index is 0.000000381. The van der Waals surface area contributed by atoms with Crippen LogP contribution in [0, 0.1) is 17.3 Å². The van der Waals surface area contributed by atoms with Gasteiger partial charge in [-0.2, -0.15) is 0 Å². The van der Waals surface area contributed by atoms with Gasteiger partial charge in [-0.3, -0.25) is 9.59 Å². The molecule has 5 N–H and O–H groups in total. The number of amides is 1. The Morgan fingerprint density at radius 2 is 1.76 bits per heavy atom. The summed E-state index contributed by atoms with van der Waals surface area (Å²) in [5, 5.41) is 0. The number of nitrogens with two attached hydrogens (primary N) is 2. The van der Waals surface area contributed by atoms with Crippen molar-refractivity contribution in [3.8, 4) is 0 Å². The molecule has 3 rings (SSSR count). The lowest BCUT2D eigenvalue weighted by molar-refractivity contribution is -0.150. The van der Waals surface area contributed by atoms with E-state index in [1.54, 1.807) is 10.8 Å². The van der Waals surface area contributed by atoms with E-state index in [1.807, 2.05) is 27.7 Å². The molecule has 42 heavy (non-hydrogen) atoms. The van der Waals surface area contributed by atoms with Crippen molar-refractivity contribution in [1.82, 2.24) is 4.72 Å². The molecular weight excluding hydrogens is 558 g/mol. The van der Waals surface area contributed by atoms with E-state index < -0.39 is 22.2 Å². The standard InChI is InChI=1S/C19H26O3.C8H10N2O4S.C4H11N/c1-7-8-13-12(4)16(10-15(13)20)22-18(21)17-14(9-11(2)3)19(17,5)6;1-14-8(11)10-15(12,13)7-4-2-6(9)3-5-7;1-3-4(2)5/h7,9,14,16-17H,1,8,10H2,2-6H3;2-5H,9H2,1H3,(H,10,11);4H,3,5H2,1-2H3. The number of carbonyl (C=O) groups is 3. The molecule has 2 aliphatic rings. The van der Waals surface area contributed by atoms with Crippen molar-refractivity contribution in [1.29, 1.82) is 0 Å². The highest BCUT2D eigenvalue weighted by molar-refractivity contribution is 7.90. The second kappa shape index (κ2) is 15.7. The van der Waals surface area contributed by atoms with Crippen molar-refractivity contribution in [2.24, 2.45) is 23.0 Å². The Morgan fingerprint density at radius 3 is 2.21 bits per heavy atom. The van der Waals surface area contributed by atoms with Gasteiger partial charge in [0.1, 0.15) is 6.10 Å². The maximum Gasteiger partial charge on any atom is 0.420 e. The van der Waals surface area contributed by atoms with Gasteiger partial charge in [0.2, 0.25) is 0 Å². The molecule has 11 heteroatoms. The molecule has 1 saturated carbocycles. The molecule has 0 saturated heterocycles. The number of esters is 1. The van der Waals surface area contributed by atoms with Crippen LogP contribution in [-0.2, 0) is 29.1 Å². The maximum atomic E-state index is 12.5. The molecule has 10 nitrogen and oxygen atoms in total. The Labute approximate surface area is 250 Å². The Bertz CT molecular complexity index is 1290. The van der Waals surface area contributed by atoms with Gasteiger partial charge in [-0.15, -0.1) is 6.58 Å². The molecular formula is C31H47N3O7S. The van der Waals surface area contributed by atoms with Crippen LogP contribution in [0.15, 0.2) is 64.6 Å². The van der Waals surface area contributed by atoms with E-state index in [0.29, 0.717) is 18.2 Å². The second-order valence-electron chi connectivity index (χ2n) is 11.3. The predicted molar refractivity (Wildman–Crippen MR) is 165 cm³/mol. The first-order valence-electron chi connectivity index (χ1n) is 13.8. The molecule has 1 fully saturated rings. The summed E-state index contributed by atoms with van der Waals surface area (Å²) in [5.41, 5.74) is 13.9. The lowest BCUT2D eigenvalue weighted by atomic mass is 10.1. The van der Waals surface area contributed by atoms with Crippen molar-refractivity contribution in [3.63, 3.8) is 0 Å². The molecule has 234 valence electrons. The molecule has 4 unspecified atom stereocenters. The summed E-state index contributed by atoms with van der Waals surface area (Å²) in [5.74, 6) is 0.0309. The molecule has 0 bridgehead atoms. The monoisotopic (exact) mass is 605 g/mol. The van der Waals surface area contributed by atoms with Crippen molar-refractivity contribution >= 4 is 33.6 Å². The van der Waals surface area contributed by atoms with Crippen molar-refractivity contribution in [3.05, 3.63) is 59.7 Å². The van der Waals surface area contributed by atoms with Crippen LogP contribution in [0.3, 0.4) is 0 Å². The number of anilines is 1. The third-order valence-corrected chi connectivity index (χ3v) is 8.52. The van der Waals surface area contributed by atoms with Crippen LogP contribution in [0.1, 0.15) is 67.7 Å². The van der Waals surface area contributed by atoms with E-state index >= 15 is 0 Å². The first-order chi connectivity index (χ1) is 19.4. The number of Topliss-reactive ketones (excluding diaryl/α,β-unsaturated/α-hetero) is 1. The number of allylic oxidation sites excluding steroid dienone is 4. The minimum absolute atomic E-state index is 0.0536. The molecule has 2 aliphatic carbocycles. The molecule has 0 aliphatic heterocycles. The van der Waals surface area contributed by atoms with Gasteiger partial charge in [0.15, 0.2) is 5.78 Å². The number of hydrogen-bond donors (Lipinski definition) is 3. The fourth-order valence-electron chi connectivity index (χ4n) is 4.28. The highest BCUT2D eigenvalue weighted by atomic mass is 32.2. The Morgan fingerprint density at radius 1 is 1.21 bits per heavy atom. The molecule has 0 aromatic heterocycles. The summed E-state index contributed by atoms with van der Waals surface area (Å²) in [4.78, 5) is 35.1. The molecule has 4 atom stereocenters. The first kappa shape index (κ1) is 36.6. The smallest absolute Gasteiger partial charge is 0.420 e. The number of ether oxygens (including phenoxy) is 2. The van der Waals surface area contributed by atoms with E-state index in [-0.39, 0.29) is 40.3 Å². The summed E-state index contributed by atoms with van der Waals surface area (Å²) in [7, 11) is -2.79. The SMILES string of the molecule is C=CCC1=C(C)C(OC(=O)C2C(C=C(C)C)C2(C)C)CC1=O.CCC(C)N.COC(=O)NS(=O)(=O)c1ccc(N)cc1. The van der Waals surface area contributed by atoms with Gasteiger partial charge in [-0.1, -0.05) is 38.5 Å². The lowest BCUT2D eigenvalue weighted by Gasteiger charge is -2.13. The third-order valence-electron chi connectivity index (χ3n) is 7.19. The summed E-state index contributed by atoms with van der Waals surface area (Å²) < 4.78 is 34.5. The number of sulfonamides is 1. The highest BCUT2D eigenvalue weighted by Gasteiger charge is 2.61. The normalized spacial score (nSPS) is 21.0.